The van der Waals surface area contributed by atoms with Gasteiger partial charge >= 0.3 is 0 Å². The molecule has 2 N–H and O–H groups in total. The van der Waals surface area contributed by atoms with Gasteiger partial charge in [-0.15, -0.1) is 0 Å². The van der Waals surface area contributed by atoms with E-state index in [1.54, 1.807) is 16.6 Å². The number of benzene rings is 1. The molecular formula is C12H11FN4S. The van der Waals surface area contributed by atoms with Crippen LogP contribution in [0.2, 0.25) is 0 Å². The van der Waals surface area contributed by atoms with E-state index < -0.39 is 0 Å². The molecule has 0 amide bonds. The Balaban J connectivity index is 1.98. The lowest BCUT2D eigenvalue weighted by Crippen LogP contribution is -2.02. The zero-order valence-corrected chi connectivity index (χ0v) is 10.3. The minimum absolute atomic E-state index is 0.247. The highest BCUT2D eigenvalue weighted by Crippen LogP contribution is 2.22. The highest BCUT2D eigenvalue weighted by molar-refractivity contribution is 7.16. The molecular weight excluding hydrogens is 251 g/mol. The van der Waals surface area contributed by atoms with Gasteiger partial charge in [-0.05, 0) is 30.8 Å². The fourth-order valence-electron chi connectivity index (χ4n) is 1.73. The van der Waals surface area contributed by atoms with Crippen LogP contribution >= 0.6 is 11.3 Å². The van der Waals surface area contributed by atoms with Gasteiger partial charge in [0.1, 0.15) is 10.8 Å². The predicted octanol–water partition coefficient (Wildman–Crippen LogP) is 2.10. The summed E-state index contributed by atoms with van der Waals surface area (Å²) in [6.07, 6.45) is 2.61. The van der Waals surface area contributed by atoms with Gasteiger partial charge in [0.2, 0.25) is 4.96 Å². The van der Waals surface area contributed by atoms with Gasteiger partial charge in [-0.25, -0.2) is 13.9 Å². The lowest BCUT2D eigenvalue weighted by molar-refractivity contribution is 0.628. The van der Waals surface area contributed by atoms with E-state index in [-0.39, 0.29) is 5.82 Å². The van der Waals surface area contributed by atoms with Gasteiger partial charge in [0.15, 0.2) is 0 Å². The molecule has 3 aromatic rings. The number of imidazole rings is 1. The van der Waals surface area contributed by atoms with E-state index >= 15 is 0 Å². The Bertz CT molecular complexity index is 640. The third-order valence-electron chi connectivity index (χ3n) is 2.58. The van der Waals surface area contributed by atoms with Crippen LogP contribution in [0.25, 0.3) is 16.2 Å². The van der Waals surface area contributed by atoms with Crippen molar-refractivity contribution in [3.05, 3.63) is 41.3 Å². The van der Waals surface area contributed by atoms with E-state index in [9.17, 15) is 4.39 Å². The molecule has 0 spiro atoms. The van der Waals surface area contributed by atoms with E-state index in [1.165, 1.54) is 23.5 Å². The number of hydrogen-bond donors (Lipinski definition) is 1. The van der Waals surface area contributed by atoms with E-state index in [0.717, 1.165) is 27.6 Å². The Morgan fingerprint density at radius 3 is 2.72 bits per heavy atom. The Labute approximate surface area is 107 Å². The summed E-state index contributed by atoms with van der Waals surface area (Å²) in [6.45, 7) is 0.585. The van der Waals surface area contributed by atoms with Crippen LogP contribution in [0.4, 0.5) is 4.39 Å². The van der Waals surface area contributed by atoms with Crippen LogP contribution in [0.3, 0.4) is 0 Å². The van der Waals surface area contributed by atoms with Crippen LogP contribution in [-0.4, -0.2) is 21.1 Å². The molecule has 0 unspecified atom stereocenters. The molecule has 0 radical (unpaired) electrons. The summed E-state index contributed by atoms with van der Waals surface area (Å²) in [5.41, 5.74) is 7.17. The highest BCUT2D eigenvalue weighted by Gasteiger charge is 2.09. The number of nitrogens with two attached hydrogens (primary N) is 1. The molecule has 4 nitrogen and oxygen atoms in total. The van der Waals surface area contributed by atoms with E-state index in [2.05, 4.69) is 10.1 Å². The number of rotatable bonds is 3. The topological polar surface area (TPSA) is 56.2 Å². The van der Waals surface area contributed by atoms with Crippen LogP contribution in [-0.2, 0) is 6.42 Å². The summed E-state index contributed by atoms with van der Waals surface area (Å²) in [4.78, 5) is 5.30. The molecule has 0 saturated carbocycles. The van der Waals surface area contributed by atoms with Crippen LogP contribution in [0.15, 0.2) is 30.5 Å². The summed E-state index contributed by atoms with van der Waals surface area (Å²) < 4.78 is 14.6. The lowest BCUT2D eigenvalue weighted by atomic mass is 10.2. The molecule has 0 saturated heterocycles. The monoisotopic (exact) mass is 262 g/mol. The van der Waals surface area contributed by atoms with Crippen molar-refractivity contribution >= 4 is 16.3 Å². The molecule has 92 valence electrons. The minimum atomic E-state index is -0.247. The van der Waals surface area contributed by atoms with Gasteiger partial charge in [-0.3, -0.25) is 0 Å². The Hall–Kier alpha value is -1.79. The maximum Gasteiger partial charge on any atom is 0.212 e. The number of nitrogens with zero attached hydrogens (tertiary/aromatic N) is 3. The van der Waals surface area contributed by atoms with Crippen molar-refractivity contribution in [3.63, 3.8) is 0 Å². The highest BCUT2D eigenvalue weighted by atomic mass is 32.1. The third kappa shape index (κ3) is 2.00. The maximum absolute atomic E-state index is 12.8. The van der Waals surface area contributed by atoms with Gasteiger partial charge in [-0.2, -0.15) is 5.10 Å². The molecule has 0 bridgehead atoms. The van der Waals surface area contributed by atoms with Crippen molar-refractivity contribution in [1.29, 1.82) is 0 Å². The average molecular weight is 262 g/mol. The van der Waals surface area contributed by atoms with E-state index in [1.807, 2.05) is 6.20 Å². The van der Waals surface area contributed by atoms with E-state index in [0.29, 0.717) is 6.54 Å². The second kappa shape index (κ2) is 4.47. The molecule has 1 aromatic carbocycles. The molecule has 0 aliphatic heterocycles. The number of halogens is 1. The van der Waals surface area contributed by atoms with Crippen molar-refractivity contribution < 1.29 is 4.39 Å². The first kappa shape index (κ1) is 11.3. The van der Waals surface area contributed by atoms with Crippen LogP contribution < -0.4 is 5.73 Å². The molecule has 0 aliphatic rings. The fraction of sp³-hybridized carbons (Fsp3) is 0.167. The smallest absolute Gasteiger partial charge is 0.212 e. The van der Waals surface area contributed by atoms with Crippen molar-refractivity contribution in [2.45, 2.75) is 6.42 Å². The number of aromatic nitrogens is 3. The van der Waals surface area contributed by atoms with Gasteiger partial charge in [0.05, 0.1) is 11.9 Å². The number of fused-ring (bicyclic) bond motifs is 1. The van der Waals surface area contributed by atoms with Gasteiger partial charge in [-0.1, -0.05) is 11.3 Å². The van der Waals surface area contributed by atoms with Gasteiger partial charge in [0.25, 0.3) is 0 Å². The van der Waals surface area contributed by atoms with Crippen molar-refractivity contribution in [1.82, 2.24) is 14.6 Å². The third-order valence-corrected chi connectivity index (χ3v) is 3.57. The van der Waals surface area contributed by atoms with E-state index in [4.69, 9.17) is 5.73 Å². The SMILES string of the molecule is NCCc1nn2cc(-c3ccc(F)cc3)nc2s1. The van der Waals surface area contributed by atoms with Crippen LogP contribution in [0, 0.1) is 5.82 Å². The quantitative estimate of drug-likeness (QED) is 0.786. The maximum atomic E-state index is 12.8. The summed E-state index contributed by atoms with van der Waals surface area (Å²) >= 11 is 1.53. The molecule has 0 aliphatic carbocycles. The second-order valence-corrected chi connectivity index (χ2v) is 4.94. The molecule has 18 heavy (non-hydrogen) atoms. The summed E-state index contributed by atoms with van der Waals surface area (Å²) in [7, 11) is 0. The summed E-state index contributed by atoms with van der Waals surface area (Å²) in [5.74, 6) is -0.247. The van der Waals surface area contributed by atoms with Crippen molar-refractivity contribution in [2.75, 3.05) is 6.54 Å². The van der Waals surface area contributed by atoms with Crippen molar-refractivity contribution in [3.8, 4) is 11.3 Å². The average Bonchev–Trinajstić information content (AvgIpc) is 2.88. The second-order valence-electron chi connectivity index (χ2n) is 3.89. The molecule has 3 rings (SSSR count). The zero-order chi connectivity index (χ0) is 12.5. The van der Waals surface area contributed by atoms with Crippen LogP contribution in [0.1, 0.15) is 5.01 Å². The first-order chi connectivity index (χ1) is 8.76. The number of hydrogen-bond acceptors (Lipinski definition) is 4. The van der Waals surface area contributed by atoms with Crippen molar-refractivity contribution in [2.24, 2.45) is 5.73 Å². The Kier molecular flexibility index (Phi) is 2.81. The first-order valence-corrected chi connectivity index (χ1v) is 6.39. The summed E-state index contributed by atoms with van der Waals surface area (Å²) in [5, 5.41) is 5.36. The van der Waals surface area contributed by atoms with Gasteiger partial charge in [0, 0.05) is 12.0 Å². The molecule has 6 heteroatoms. The molecule has 0 fully saturated rings. The standard InChI is InChI=1S/C12H11FN4S/c13-9-3-1-8(2-4-9)10-7-17-12(15-10)18-11(16-17)5-6-14/h1-4,7H,5-6,14H2. The Morgan fingerprint density at radius 2 is 2.06 bits per heavy atom. The molecule has 2 aromatic heterocycles. The molecule has 0 atom stereocenters. The normalized spacial score (nSPS) is 11.2. The van der Waals surface area contributed by atoms with Crippen LogP contribution in [0.5, 0.6) is 0 Å². The summed E-state index contributed by atoms with van der Waals surface area (Å²) in [6, 6.07) is 6.28. The lowest BCUT2D eigenvalue weighted by Gasteiger charge is -1.94. The fourth-order valence-corrected chi connectivity index (χ4v) is 2.62. The Morgan fingerprint density at radius 1 is 1.28 bits per heavy atom. The minimum Gasteiger partial charge on any atom is -0.330 e. The largest absolute Gasteiger partial charge is 0.330 e. The zero-order valence-electron chi connectivity index (χ0n) is 9.51. The van der Waals surface area contributed by atoms with Gasteiger partial charge < -0.3 is 5.73 Å². The predicted molar refractivity (Wildman–Crippen MR) is 69.0 cm³/mol. The first-order valence-electron chi connectivity index (χ1n) is 5.57. The molecule has 2 heterocycles.